The molecule has 126 valence electrons. The van der Waals surface area contributed by atoms with Crippen molar-refractivity contribution >= 4 is 11.8 Å². The van der Waals surface area contributed by atoms with Crippen LogP contribution in [0.3, 0.4) is 0 Å². The third-order valence-corrected chi connectivity index (χ3v) is 4.87. The van der Waals surface area contributed by atoms with Crippen molar-refractivity contribution in [3.63, 3.8) is 0 Å². The molecule has 7 heteroatoms. The van der Waals surface area contributed by atoms with Gasteiger partial charge in [0.2, 0.25) is 5.95 Å². The molecule has 2 fully saturated rings. The molecule has 0 aromatic carbocycles. The second-order valence-electron chi connectivity index (χ2n) is 6.64. The molecule has 2 aromatic heterocycles. The molecule has 2 aliphatic rings. The van der Waals surface area contributed by atoms with Crippen molar-refractivity contribution in [2.75, 3.05) is 29.9 Å². The summed E-state index contributed by atoms with van der Waals surface area (Å²) in [6.45, 7) is 4.52. The van der Waals surface area contributed by atoms with E-state index in [1.54, 1.807) is 12.4 Å². The molecule has 0 saturated carbocycles. The van der Waals surface area contributed by atoms with Gasteiger partial charge in [-0.05, 0) is 44.4 Å². The third kappa shape index (κ3) is 3.17. The molecular formula is C17H22N6O. The fraction of sp³-hybridized carbons (Fsp3) is 0.529. The van der Waals surface area contributed by atoms with E-state index >= 15 is 0 Å². The van der Waals surface area contributed by atoms with Crippen LogP contribution >= 0.6 is 0 Å². The lowest BCUT2D eigenvalue weighted by Crippen LogP contribution is -2.45. The van der Waals surface area contributed by atoms with Crippen LogP contribution in [0.1, 0.15) is 25.0 Å². The Balaban J connectivity index is 1.34. The van der Waals surface area contributed by atoms with Gasteiger partial charge in [-0.15, -0.1) is 5.10 Å². The summed E-state index contributed by atoms with van der Waals surface area (Å²) in [6, 6.07) is 6.09. The number of anilines is 2. The molecule has 0 aliphatic carbocycles. The van der Waals surface area contributed by atoms with Gasteiger partial charge in [-0.1, -0.05) is 0 Å². The van der Waals surface area contributed by atoms with Gasteiger partial charge in [-0.3, -0.25) is 0 Å². The lowest BCUT2D eigenvalue weighted by atomic mass is 9.87. The second-order valence-corrected chi connectivity index (χ2v) is 6.64. The predicted octanol–water partition coefficient (Wildman–Crippen LogP) is 1.82. The van der Waals surface area contributed by atoms with Gasteiger partial charge in [0, 0.05) is 25.5 Å². The van der Waals surface area contributed by atoms with E-state index in [0.29, 0.717) is 6.04 Å². The summed E-state index contributed by atoms with van der Waals surface area (Å²) >= 11 is 0. The number of ether oxygens (including phenoxy) is 1. The van der Waals surface area contributed by atoms with Crippen LogP contribution in [-0.2, 0) is 4.74 Å². The molecule has 2 aromatic rings. The first-order valence-corrected chi connectivity index (χ1v) is 8.45. The van der Waals surface area contributed by atoms with E-state index in [4.69, 9.17) is 4.74 Å². The van der Waals surface area contributed by atoms with E-state index in [0.717, 1.165) is 56.4 Å². The molecule has 7 nitrogen and oxygen atoms in total. The molecule has 1 spiro atoms. The summed E-state index contributed by atoms with van der Waals surface area (Å²) < 4.78 is 6.20. The van der Waals surface area contributed by atoms with Gasteiger partial charge in [0.15, 0.2) is 0 Å². The summed E-state index contributed by atoms with van der Waals surface area (Å²) in [4.78, 5) is 10.9. The van der Waals surface area contributed by atoms with Crippen LogP contribution in [-0.4, -0.2) is 51.5 Å². The molecule has 1 unspecified atom stereocenters. The highest BCUT2D eigenvalue weighted by Crippen LogP contribution is 2.37. The number of rotatable bonds is 3. The second kappa shape index (κ2) is 6.32. The van der Waals surface area contributed by atoms with Crippen LogP contribution in [0.4, 0.5) is 11.8 Å². The summed E-state index contributed by atoms with van der Waals surface area (Å²) in [7, 11) is 0. The Bertz CT molecular complexity index is 669. The summed E-state index contributed by atoms with van der Waals surface area (Å²) in [5, 5.41) is 11.7. The average molecular weight is 326 g/mol. The Morgan fingerprint density at radius 1 is 1.17 bits per heavy atom. The number of nitrogens with one attached hydrogen (secondary N) is 1. The zero-order chi connectivity index (χ0) is 16.4. The van der Waals surface area contributed by atoms with E-state index in [1.165, 1.54) is 0 Å². The van der Waals surface area contributed by atoms with Crippen molar-refractivity contribution < 1.29 is 4.74 Å². The number of piperidine rings is 1. The summed E-state index contributed by atoms with van der Waals surface area (Å²) in [5.74, 6) is 1.64. The smallest absolute Gasteiger partial charge is 0.225 e. The lowest BCUT2D eigenvalue weighted by molar-refractivity contribution is -0.0149. The highest BCUT2D eigenvalue weighted by molar-refractivity contribution is 5.35. The Morgan fingerprint density at radius 3 is 2.67 bits per heavy atom. The minimum absolute atomic E-state index is 0.0267. The van der Waals surface area contributed by atoms with Crippen LogP contribution < -0.4 is 10.2 Å². The molecular weight excluding hydrogens is 304 g/mol. The minimum Gasteiger partial charge on any atom is -0.373 e. The maximum atomic E-state index is 6.20. The Hall–Kier alpha value is -2.28. The first-order valence-electron chi connectivity index (χ1n) is 8.45. The first-order chi connectivity index (χ1) is 11.7. The monoisotopic (exact) mass is 326 g/mol. The molecule has 1 N–H and O–H groups in total. The zero-order valence-electron chi connectivity index (χ0n) is 13.9. The van der Waals surface area contributed by atoms with Crippen molar-refractivity contribution in [2.24, 2.45) is 0 Å². The van der Waals surface area contributed by atoms with Gasteiger partial charge in [-0.2, -0.15) is 5.10 Å². The van der Waals surface area contributed by atoms with E-state index in [2.05, 4.69) is 30.4 Å². The van der Waals surface area contributed by atoms with Gasteiger partial charge < -0.3 is 15.0 Å². The third-order valence-electron chi connectivity index (χ3n) is 4.87. The topological polar surface area (TPSA) is 76.1 Å². The van der Waals surface area contributed by atoms with Crippen molar-refractivity contribution in [2.45, 2.75) is 37.8 Å². The minimum atomic E-state index is -0.0267. The Morgan fingerprint density at radius 2 is 1.96 bits per heavy atom. The van der Waals surface area contributed by atoms with Crippen molar-refractivity contribution in [3.05, 3.63) is 36.3 Å². The highest BCUT2D eigenvalue weighted by atomic mass is 16.5. The molecule has 24 heavy (non-hydrogen) atoms. The summed E-state index contributed by atoms with van der Waals surface area (Å²) in [5.41, 5.74) is 0.899. The molecule has 2 aliphatic heterocycles. The maximum absolute atomic E-state index is 6.20. The predicted molar refractivity (Wildman–Crippen MR) is 91.0 cm³/mol. The fourth-order valence-corrected chi connectivity index (χ4v) is 3.54. The van der Waals surface area contributed by atoms with Gasteiger partial charge in [0.05, 0.1) is 23.9 Å². The van der Waals surface area contributed by atoms with E-state index in [1.807, 2.05) is 25.1 Å². The van der Waals surface area contributed by atoms with Crippen LogP contribution in [0, 0.1) is 6.92 Å². The highest BCUT2D eigenvalue weighted by Gasteiger charge is 2.43. The molecule has 0 bridgehead atoms. The number of nitrogens with zero attached hydrogens (tertiary/aromatic N) is 5. The van der Waals surface area contributed by atoms with Crippen molar-refractivity contribution in [3.8, 4) is 0 Å². The van der Waals surface area contributed by atoms with E-state index in [9.17, 15) is 0 Å². The van der Waals surface area contributed by atoms with Gasteiger partial charge in [0.25, 0.3) is 0 Å². The van der Waals surface area contributed by atoms with Crippen molar-refractivity contribution in [1.29, 1.82) is 0 Å². The van der Waals surface area contributed by atoms with Gasteiger partial charge in [-0.25, -0.2) is 9.97 Å². The molecule has 4 heterocycles. The molecule has 4 rings (SSSR count). The van der Waals surface area contributed by atoms with Crippen LogP contribution in [0.15, 0.2) is 30.6 Å². The Labute approximate surface area is 141 Å². The van der Waals surface area contributed by atoms with Crippen LogP contribution in [0.5, 0.6) is 0 Å². The average Bonchev–Trinajstić information content (AvgIpc) is 3.01. The largest absolute Gasteiger partial charge is 0.373 e. The molecule has 1 atom stereocenters. The van der Waals surface area contributed by atoms with Gasteiger partial charge in [0.1, 0.15) is 5.82 Å². The number of aryl methyl sites for hydroxylation is 1. The van der Waals surface area contributed by atoms with Crippen LogP contribution in [0.2, 0.25) is 0 Å². The SMILES string of the molecule is Cc1ccc(NC2COC3(CCN(c4ncccn4)CC3)C2)nn1. The molecule has 0 amide bonds. The summed E-state index contributed by atoms with van der Waals surface area (Å²) in [6.07, 6.45) is 6.60. The van der Waals surface area contributed by atoms with Gasteiger partial charge >= 0.3 is 0 Å². The number of hydrogen-bond donors (Lipinski definition) is 1. The number of hydrogen-bond acceptors (Lipinski definition) is 7. The van der Waals surface area contributed by atoms with Crippen LogP contribution in [0.25, 0.3) is 0 Å². The van der Waals surface area contributed by atoms with Crippen molar-refractivity contribution in [1.82, 2.24) is 20.2 Å². The number of aromatic nitrogens is 4. The normalized spacial score (nSPS) is 22.7. The maximum Gasteiger partial charge on any atom is 0.225 e. The van der Waals surface area contributed by atoms with E-state index in [-0.39, 0.29) is 5.60 Å². The standard InChI is InChI=1S/C17H22N6O/c1-13-3-4-15(22-21-13)20-14-11-17(24-12-14)5-9-23(10-6-17)16-18-7-2-8-19-16/h2-4,7-8,14H,5-6,9-12H2,1H3,(H,20,22). The van der Waals surface area contributed by atoms with E-state index < -0.39 is 0 Å². The lowest BCUT2D eigenvalue weighted by Gasteiger charge is -2.38. The zero-order valence-corrected chi connectivity index (χ0v) is 13.9. The molecule has 2 saturated heterocycles. The molecule has 0 radical (unpaired) electrons. The quantitative estimate of drug-likeness (QED) is 0.922. The first kappa shape index (κ1) is 15.3. The Kier molecular flexibility index (Phi) is 4.02. The fourth-order valence-electron chi connectivity index (χ4n) is 3.54.